The summed E-state index contributed by atoms with van der Waals surface area (Å²) < 4.78 is 7.08. The zero-order valence-electron chi connectivity index (χ0n) is 20.7. The number of likely N-dealkylation sites (tertiary alicyclic amines) is 2. The van der Waals surface area contributed by atoms with E-state index in [1.165, 1.54) is 6.20 Å². The SMILES string of the molecule is CC(C)(C)OC(=O)N1CCC(NC(=O)N2CC(c3nc4c(cnn4-c4ccccc4)c(=O)[nH]3)C2)CC1. The fourth-order valence-electron chi connectivity index (χ4n) is 4.50. The van der Waals surface area contributed by atoms with Crippen LogP contribution in [0.5, 0.6) is 0 Å². The van der Waals surface area contributed by atoms with Gasteiger partial charge in [0.1, 0.15) is 16.8 Å². The largest absolute Gasteiger partial charge is 0.444 e. The summed E-state index contributed by atoms with van der Waals surface area (Å²) >= 11 is 0. The summed E-state index contributed by atoms with van der Waals surface area (Å²) in [5.74, 6) is 0.501. The standard InChI is InChI=1S/C25H31N7O4/c1-25(2,3)36-24(35)30-11-9-17(10-12-30)27-23(34)31-14-16(15-31)20-28-21-19(22(33)29-20)13-26-32(21)18-7-5-4-6-8-18/h4-8,13,16-17H,9-12,14-15H2,1-3H3,(H,27,34)(H,28,29,33). The summed E-state index contributed by atoms with van der Waals surface area (Å²) in [5.41, 5.74) is 0.557. The van der Waals surface area contributed by atoms with Gasteiger partial charge in [0.25, 0.3) is 5.56 Å². The van der Waals surface area contributed by atoms with Crippen molar-refractivity contribution in [3.05, 3.63) is 52.7 Å². The van der Waals surface area contributed by atoms with Crippen molar-refractivity contribution in [1.29, 1.82) is 0 Å². The van der Waals surface area contributed by atoms with Crippen molar-refractivity contribution in [3.8, 4) is 5.69 Å². The summed E-state index contributed by atoms with van der Waals surface area (Å²) in [5, 5.41) is 7.83. The number of para-hydroxylation sites is 1. The Morgan fingerprint density at radius 3 is 2.44 bits per heavy atom. The minimum absolute atomic E-state index is 0.00439. The highest BCUT2D eigenvalue weighted by Crippen LogP contribution is 2.26. The molecule has 11 heteroatoms. The minimum atomic E-state index is -0.527. The molecule has 0 bridgehead atoms. The Morgan fingerprint density at radius 1 is 1.08 bits per heavy atom. The summed E-state index contributed by atoms with van der Waals surface area (Å²) in [6.07, 6.45) is 2.56. The average Bonchev–Trinajstić information content (AvgIpc) is 3.23. The number of rotatable bonds is 3. The van der Waals surface area contributed by atoms with E-state index in [9.17, 15) is 14.4 Å². The van der Waals surface area contributed by atoms with Gasteiger partial charge in [0.2, 0.25) is 0 Å². The third kappa shape index (κ3) is 4.91. The Morgan fingerprint density at radius 2 is 1.78 bits per heavy atom. The molecule has 0 saturated carbocycles. The molecule has 2 saturated heterocycles. The van der Waals surface area contributed by atoms with Crippen molar-refractivity contribution in [2.75, 3.05) is 26.2 Å². The van der Waals surface area contributed by atoms with Crippen LogP contribution in [0.15, 0.2) is 41.3 Å². The first-order valence-corrected chi connectivity index (χ1v) is 12.2. The lowest BCUT2D eigenvalue weighted by Gasteiger charge is -2.40. The molecule has 2 fully saturated rings. The van der Waals surface area contributed by atoms with Gasteiger partial charge < -0.3 is 24.8 Å². The minimum Gasteiger partial charge on any atom is -0.444 e. The van der Waals surface area contributed by atoms with Crippen LogP contribution in [0, 0.1) is 0 Å². The van der Waals surface area contributed by atoms with E-state index in [-0.39, 0.29) is 29.6 Å². The van der Waals surface area contributed by atoms with Crippen LogP contribution >= 0.6 is 0 Å². The lowest BCUT2D eigenvalue weighted by Crippen LogP contribution is -2.56. The van der Waals surface area contributed by atoms with Crippen molar-refractivity contribution < 1.29 is 14.3 Å². The molecule has 4 heterocycles. The molecule has 2 N–H and O–H groups in total. The molecule has 2 aromatic heterocycles. The Balaban J connectivity index is 1.17. The lowest BCUT2D eigenvalue weighted by atomic mass is 9.99. The maximum Gasteiger partial charge on any atom is 0.410 e. The zero-order valence-corrected chi connectivity index (χ0v) is 20.7. The maximum absolute atomic E-state index is 12.8. The van der Waals surface area contributed by atoms with Gasteiger partial charge in [0.15, 0.2) is 5.65 Å². The van der Waals surface area contributed by atoms with Crippen LogP contribution in [-0.2, 0) is 4.74 Å². The van der Waals surface area contributed by atoms with Crippen LogP contribution in [0.2, 0.25) is 0 Å². The number of fused-ring (bicyclic) bond motifs is 1. The maximum atomic E-state index is 12.8. The van der Waals surface area contributed by atoms with Crippen molar-refractivity contribution >= 4 is 23.2 Å². The number of aromatic amines is 1. The number of nitrogens with one attached hydrogen (secondary N) is 2. The molecule has 2 aliphatic heterocycles. The van der Waals surface area contributed by atoms with Crippen LogP contribution < -0.4 is 10.9 Å². The monoisotopic (exact) mass is 493 g/mol. The summed E-state index contributed by atoms with van der Waals surface area (Å²) in [7, 11) is 0. The number of hydrogen-bond acceptors (Lipinski definition) is 6. The molecule has 5 rings (SSSR count). The number of nitrogens with zero attached hydrogens (tertiary/aromatic N) is 5. The van der Waals surface area contributed by atoms with Gasteiger partial charge in [-0.15, -0.1) is 0 Å². The third-order valence-electron chi connectivity index (χ3n) is 6.49. The van der Waals surface area contributed by atoms with E-state index in [1.54, 1.807) is 14.5 Å². The fourth-order valence-corrected chi connectivity index (χ4v) is 4.50. The second kappa shape index (κ2) is 9.29. The van der Waals surface area contributed by atoms with Crippen molar-refractivity contribution in [3.63, 3.8) is 0 Å². The number of carbonyl (C=O) groups is 2. The van der Waals surface area contributed by atoms with Gasteiger partial charge in [-0.3, -0.25) is 4.79 Å². The molecule has 0 aliphatic carbocycles. The number of piperidine rings is 1. The number of benzene rings is 1. The van der Waals surface area contributed by atoms with E-state index in [2.05, 4.69) is 15.4 Å². The molecule has 11 nitrogen and oxygen atoms in total. The van der Waals surface area contributed by atoms with E-state index in [0.29, 0.717) is 55.9 Å². The van der Waals surface area contributed by atoms with Crippen molar-refractivity contribution in [2.45, 2.75) is 51.2 Å². The van der Waals surface area contributed by atoms with Crippen LogP contribution in [-0.4, -0.2) is 79.5 Å². The highest BCUT2D eigenvalue weighted by molar-refractivity contribution is 5.77. The first-order valence-electron chi connectivity index (χ1n) is 12.2. The molecule has 0 radical (unpaired) electrons. The highest BCUT2D eigenvalue weighted by atomic mass is 16.6. The molecule has 3 amide bonds. The number of aromatic nitrogens is 4. The quantitative estimate of drug-likeness (QED) is 0.578. The lowest BCUT2D eigenvalue weighted by molar-refractivity contribution is 0.0199. The first-order chi connectivity index (χ1) is 17.2. The second-order valence-electron chi connectivity index (χ2n) is 10.4. The van der Waals surface area contributed by atoms with Crippen LogP contribution in [0.1, 0.15) is 45.4 Å². The molecule has 0 atom stereocenters. The van der Waals surface area contributed by atoms with Gasteiger partial charge in [0, 0.05) is 32.2 Å². The number of hydrogen-bond donors (Lipinski definition) is 2. The average molecular weight is 494 g/mol. The smallest absolute Gasteiger partial charge is 0.410 e. The summed E-state index contributed by atoms with van der Waals surface area (Å²) in [6.45, 7) is 7.57. The van der Waals surface area contributed by atoms with E-state index in [4.69, 9.17) is 9.72 Å². The Hall–Kier alpha value is -3.89. The van der Waals surface area contributed by atoms with Crippen molar-refractivity contribution in [1.82, 2.24) is 34.9 Å². The number of carbonyl (C=O) groups excluding carboxylic acids is 2. The van der Waals surface area contributed by atoms with Gasteiger partial charge in [-0.05, 0) is 45.7 Å². The summed E-state index contributed by atoms with van der Waals surface area (Å²) in [6, 6.07) is 9.40. The predicted octanol–water partition coefficient (Wildman–Crippen LogP) is 2.62. The highest BCUT2D eigenvalue weighted by Gasteiger charge is 2.35. The van der Waals surface area contributed by atoms with Crippen LogP contribution in [0.3, 0.4) is 0 Å². The molecule has 36 heavy (non-hydrogen) atoms. The molecule has 3 aromatic rings. The van der Waals surface area contributed by atoms with Crippen LogP contribution in [0.25, 0.3) is 16.7 Å². The number of urea groups is 1. The Labute approximate surface area is 208 Å². The van der Waals surface area contributed by atoms with Gasteiger partial charge in [0.05, 0.1) is 17.8 Å². The Kier molecular flexibility index (Phi) is 6.15. The molecule has 0 unspecified atom stereocenters. The van der Waals surface area contributed by atoms with Crippen molar-refractivity contribution in [2.24, 2.45) is 0 Å². The zero-order chi connectivity index (χ0) is 25.4. The van der Waals surface area contributed by atoms with Gasteiger partial charge in [-0.25, -0.2) is 19.3 Å². The fraction of sp³-hybridized carbons (Fsp3) is 0.480. The topological polar surface area (TPSA) is 125 Å². The van der Waals surface area contributed by atoms with Gasteiger partial charge in [-0.1, -0.05) is 18.2 Å². The third-order valence-corrected chi connectivity index (χ3v) is 6.49. The number of amides is 3. The molecule has 0 spiro atoms. The predicted molar refractivity (Wildman–Crippen MR) is 133 cm³/mol. The molecule has 190 valence electrons. The molecule has 1 aromatic carbocycles. The van der Waals surface area contributed by atoms with Gasteiger partial charge >= 0.3 is 12.1 Å². The number of ether oxygens (including phenoxy) is 1. The second-order valence-corrected chi connectivity index (χ2v) is 10.4. The van der Waals surface area contributed by atoms with Crippen LogP contribution in [0.4, 0.5) is 9.59 Å². The summed E-state index contributed by atoms with van der Waals surface area (Å²) in [4.78, 5) is 48.6. The molecule has 2 aliphatic rings. The van der Waals surface area contributed by atoms with Gasteiger partial charge in [-0.2, -0.15) is 5.10 Å². The number of H-pyrrole nitrogens is 1. The molecular formula is C25H31N7O4. The Bertz CT molecular complexity index is 1310. The van der Waals surface area contributed by atoms with E-state index < -0.39 is 5.60 Å². The normalized spacial score (nSPS) is 17.2. The van der Waals surface area contributed by atoms with E-state index in [1.807, 2.05) is 51.1 Å². The van der Waals surface area contributed by atoms with E-state index >= 15 is 0 Å². The first kappa shape index (κ1) is 23.8. The molecular weight excluding hydrogens is 462 g/mol. The van der Waals surface area contributed by atoms with E-state index in [0.717, 1.165) is 5.69 Å².